The third kappa shape index (κ3) is 8.36. The molecule has 2 rings (SSSR count). The molecule has 1 heterocycles. The first-order valence-corrected chi connectivity index (χ1v) is 10.2. The Morgan fingerprint density at radius 3 is 2.58 bits per heavy atom. The molecule has 0 aromatic rings. The van der Waals surface area contributed by atoms with E-state index in [1.54, 1.807) is 7.05 Å². The molecule has 7 nitrogen and oxygen atoms in total. The first-order valence-electron chi connectivity index (χ1n) is 10.2. The number of rotatable bonds is 10. The second kappa shape index (κ2) is 12.9. The molecule has 0 bridgehead atoms. The average Bonchev–Trinajstić information content (AvgIpc) is 3.20. The van der Waals surface area contributed by atoms with E-state index in [1.807, 2.05) is 0 Å². The van der Waals surface area contributed by atoms with Gasteiger partial charge in [-0.3, -0.25) is 9.79 Å². The minimum atomic E-state index is 0.208. The van der Waals surface area contributed by atoms with E-state index in [1.165, 1.54) is 19.3 Å². The molecule has 2 fully saturated rings. The van der Waals surface area contributed by atoms with Crippen molar-refractivity contribution in [1.82, 2.24) is 16.0 Å². The highest BCUT2D eigenvalue weighted by Gasteiger charge is 2.20. The Morgan fingerprint density at radius 1 is 1.08 bits per heavy atom. The zero-order chi connectivity index (χ0) is 18.5. The molecular weight excluding hydrogens is 332 g/mol. The van der Waals surface area contributed by atoms with Gasteiger partial charge in [0, 0.05) is 51.7 Å². The van der Waals surface area contributed by atoms with E-state index in [-0.39, 0.29) is 11.8 Å². The van der Waals surface area contributed by atoms with Crippen LogP contribution in [0.5, 0.6) is 0 Å². The van der Waals surface area contributed by atoms with Crippen molar-refractivity contribution in [3.8, 4) is 0 Å². The molecule has 1 aliphatic carbocycles. The number of hydrogen-bond acceptors (Lipinski definition) is 4. The molecule has 26 heavy (non-hydrogen) atoms. The molecule has 1 aliphatic heterocycles. The summed E-state index contributed by atoms with van der Waals surface area (Å²) in [6, 6.07) is 0. The number of carbonyl (C=O) groups excluding carboxylic acids is 1. The lowest BCUT2D eigenvalue weighted by molar-refractivity contribution is -0.125. The van der Waals surface area contributed by atoms with Crippen LogP contribution >= 0.6 is 0 Å². The van der Waals surface area contributed by atoms with Crippen LogP contribution in [-0.2, 0) is 14.3 Å². The molecule has 1 amide bonds. The van der Waals surface area contributed by atoms with Gasteiger partial charge in [0.2, 0.25) is 5.91 Å². The molecule has 0 radical (unpaired) electrons. The molecule has 1 atom stereocenters. The smallest absolute Gasteiger partial charge is 0.223 e. The number of ether oxygens (including phenoxy) is 2. The van der Waals surface area contributed by atoms with Crippen molar-refractivity contribution in [2.45, 2.75) is 44.9 Å². The van der Waals surface area contributed by atoms with Crippen LogP contribution in [0.4, 0.5) is 0 Å². The summed E-state index contributed by atoms with van der Waals surface area (Å²) >= 11 is 0. The molecule has 0 aromatic heterocycles. The molecule has 7 heteroatoms. The van der Waals surface area contributed by atoms with Crippen LogP contribution in [0, 0.1) is 11.8 Å². The number of amides is 1. The number of carbonyl (C=O) groups is 1. The Hall–Kier alpha value is -1.34. The maximum Gasteiger partial charge on any atom is 0.223 e. The third-order valence-electron chi connectivity index (χ3n) is 5.05. The standard InChI is InChI=1S/C19H36N4O3/c1-20-19(22-9-5-12-25-14-16-8-13-26-15-16)23-11-10-21-18(24)17-6-3-2-4-7-17/h16-17H,2-15H2,1H3,(H,21,24)(H2,20,22,23). The molecule has 0 aromatic carbocycles. The average molecular weight is 369 g/mol. The van der Waals surface area contributed by atoms with Crippen molar-refractivity contribution in [3.05, 3.63) is 0 Å². The summed E-state index contributed by atoms with van der Waals surface area (Å²) in [4.78, 5) is 16.3. The highest BCUT2D eigenvalue weighted by molar-refractivity contribution is 5.80. The summed E-state index contributed by atoms with van der Waals surface area (Å²) in [5.41, 5.74) is 0. The Morgan fingerprint density at radius 2 is 1.85 bits per heavy atom. The van der Waals surface area contributed by atoms with Crippen molar-refractivity contribution in [2.75, 3.05) is 53.1 Å². The van der Waals surface area contributed by atoms with Gasteiger partial charge in [-0.1, -0.05) is 19.3 Å². The van der Waals surface area contributed by atoms with Gasteiger partial charge in [-0.2, -0.15) is 0 Å². The maximum absolute atomic E-state index is 12.1. The summed E-state index contributed by atoms with van der Waals surface area (Å²) in [7, 11) is 1.76. The first kappa shape index (κ1) is 21.0. The van der Waals surface area contributed by atoms with Gasteiger partial charge in [0.25, 0.3) is 0 Å². The van der Waals surface area contributed by atoms with E-state index in [0.29, 0.717) is 19.0 Å². The van der Waals surface area contributed by atoms with Gasteiger partial charge in [0.05, 0.1) is 13.2 Å². The minimum Gasteiger partial charge on any atom is -0.381 e. The normalized spacial score (nSPS) is 21.6. The van der Waals surface area contributed by atoms with Gasteiger partial charge in [-0.15, -0.1) is 0 Å². The Balaban J connectivity index is 1.43. The van der Waals surface area contributed by atoms with Crippen molar-refractivity contribution in [1.29, 1.82) is 0 Å². The van der Waals surface area contributed by atoms with Crippen molar-refractivity contribution < 1.29 is 14.3 Å². The van der Waals surface area contributed by atoms with Crippen LogP contribution in [0.25, 0.3) is 0 Å². The van der Waals surface area contributed by atoms with Crippen LogP contribution in [0.2, 0.25) is 0 Å². The minimum absolute atomic E-state index is 0.208. The predicted octanol–water partition coefficient (Wildman–Crippen LogP) is 1.29. The maximum atomic E-state index is 12.1. The third-order valence-corrected chi connectivity index (χ3v) is 5.05. The van der Waals surface area contributed by atoms with Crippen LogP contribution in [-0.4, -0.2) is 65.0 Å². The van der Waals surface area contributed by atoms with Crippen LogP contribution in [0.1, 0.15) is 44.9 Å². The van der Waals surface area contributed by atoms with Gasteiger partial charge in [-0.05, 0) is 25.7 Å². The zero-order valence-corrected chi connectivity index (χ0v) is 16.2. The van der Waals surface area contributed by atoms with E-state index in [9.17, 15) is 4.79 Å². The zero-order valence-electron chi connectivity index (χ0n) is 16.2. The van der Waals surface area contributed by atoms with Crippen molar-refractivity contribution in [2.24, 2.45) is 16.8 Å². The van der Waals surface area contributed by atoms with E-state index in [2.05, 4.69) is 20.9 Å². The summed E-state index contributed by atoms with van der Waals surface area (Å²) in [6.45, 7) is 5.38. The van der Waals surface area contributed by atoms with Gasteiger partial charge in [-0.25, -0.2) is 0 Å². The molecular formula is C19H36N4O3. The highest BCUT2D eigenvalue weighted by atomic mass is 16.5. The molecule has 1 saturated heterocycles. The lowest BCUT2D eigenvalue weighted by Gasteiger charge is -2.21. The van der Waals surface area contributed by atoms with Gasteiger partial charge in [0.1, 0.15) is 0 Å². The lowest BCUT2D eigenvalue weighted by Crippen LogP contribution is -2.43. The topological polar surface area (TPSA) is 84.0 Å². The molecule has 0 spiro atoms. The molecule has 150 valence electrons. The lowest BCUT2D eigenvalue weighted by atomic mass is 9.89. The van der Waals surface area contributed by atoms with Crippen molar-refractivity contribution in [3.63, 3.8) is 0 Å². The SMILES string of the molecule is CN=C(NCCCOCC1CCOC1)NCCNC(=O)C1CCCCC1. The number of hydrogen-bond donors (Lipinski definition) is 3. The van der Waals surface area contributed by atoms with Crippen LogP contribution in [0.3, 0.4) is 0 Å². The van der Waals surface area contributed by atoms with E-state index < -0.39 is 0 Å². The summed E-state index contributed by atoms with van der Waals surface area (Å²) in [6.07, 6.45) is 7.78. The Kier molecular flexibility index (Phi) is 10.4. The van der Waals surface area contributed by atoms with Gasteiger partial charge < -0.3 is 25.4 Å². The quantitative estimate of drug-likeness (QED) is 0.307. The fraction of sp³-hybridized carbons (Fsp3) is 0.895. The van der Waals surface area contributed by atoms with Crippen molar-refractivity contribution >= 4 is 11.9 Å². The number of aliphatic imine (C=N–C) groups is 1. The number of guanidine groups is 1. The molecule has 3 N–H and O–H groups in total. The number of nitrogens with one attached hydrogen (secondary N) is 3. The second-order valence-corrected chi connectivity index (χ2v) is 7.21. The second-order valence-electron chi connectivity index (χ2n) is 7.21. The summed E-state index contributed by atoms with van der Waals surface area (Å²) in [5.74, 6) is 1.76. The molecule has 1 saturated carbocycles. The monoisotopic (exact) mass is 368 g/mol. The Bertz CT molecular complexity index is 419. The molecule has 1 unspecified atom stereocenters. The Labute approximate surface area is 157 Å². The molecule has 2 aliphatic rings. The van der Waals surface area contributed by atoms with E-state index in [0.717, 1.165) is 64.6 Å². The van der Waals surface area contributed by atoms with Crippen LogP contribution in [0.15, 0.2) is 4.99 Å². The summed E-state index contributed by atoms with van der Waals surface area (Å²) in [5, 5.41) is 9.53. The summed E-state index contributed by atoms with van der Waals surface area (Å²) < 4.78 is 11.0. The van der Waals surface area contributed by atoms with Gasteiger partial charge in [0.15, 0.2) is 5.96 Å². The van der Waals surface area contributed by atoms with E-state index >= 15 is 0 Å². The fourth-order valence-corrected chi connectivity index (χ4v) is 3.44. The number of nitrogens with zero attached hydrogens (tertiary/aromatic N) is 1. The van der Waals surface area contributed by atoms with E-state index in [4.69, 9.17) is 9.47 Å². The first-order chi connectivity index (χ1) is 12.8. The fourth-order valence-electron chi connectivity index (χ4n) is 3.44. The predicted molar refractivity (Wildman–Crippen MR) is 103 cm³/mol. The largest absolute Gasteiger partial charge is 0.381 e. The highest BCUT2D eigenvalue weighted by Crippen LogP contribution is 2.23. The van der Waals surface area contributed by atoms with Crippen LogP contribution < -0.4 is 16.0 Å². The van der Waals surface area contributed by atoms with Gasteiger partial charge >= 0.3 is 0 Å².